The summed E-state index contributed by atoms with van der Waals surface area (Å²) in [4.78, 5) is 16.4. The van der Waals surface area contributed by atoms with Crippen LogP contribution in [0.1, 0.15) is 19.4 Å². The Morgan fingerprint density at radius 2 is 2.00 bits per heavy atom. The number of piperazine rings is 1. The van der Waals surface area contributed by atoms with E-state index < -0.39 is 0 Å². The Labute approximate surface area is 132 Å². The van der Waals surface area contributed by atoms with Crippen LogP contribution in [0.3, 0.4) is 0 Å². The summed E-state index contributed by atoms with van der Waals surface area (Å²) >= 11 is 5.95. The van der Waals surface area contributed by atoms with Crippen LogP contribution in [-0.2, 0) is 6.42 Å². The lowest BCUT2D eigenvalue weighted by atomic mass is 10.1. The zero-order valence-electron chi connectivity index (χ0n) is 12.8. The van der Waals surface area contributed by atoms with Crippen LogP contribution in [0.4, 0.5) is 4.79 Å². The van der Waals surface area contributed by atoms with Crippen molar-refractivity contribution < 1.29 is 4.79 Å². The molecule has 4 nitrogen and oxygen atoms in total. The topological polar surface area (TPSA) is 35.6 Å². The Kier molecular flexibility index (Phi) is 5.88. The smallest absolute Gasteiger partial charge is 0.317 e. The fourth-order valence-corrected chi connectivity index (χ4v) is 2.77. The molecule has 0 unspecified atom stereocenters. The first-order valence-corrected chi connectivity index (χ1v) is 7.95. The fraction of sp³-hybridized carbons (Fsp3) is 0.562. The highest BCUT2D eigenvalue weighted by Gasteiger charge is 2.21. The minimum atomic E-state index is 0.0421. The molecule has 2 amide bonds. The molecule has 0 bridgehead atoms. The molecule has 1 fully saturated rings. The van der Waals surface area contributed by atoms with Gasteiger partial charge in [0, 0.05) is 43.8 Å². The quantitative estimate of drug-likeness (QED) is 0.928. The molecule has 1 saturated heterocycles. The highest BCUT2D eigenvalue weighted by Crippen LogP contribution is 2.11. The largest absolute Gasteiger partial charge is 0.338 e. The normalized spacial score (nSPS) is 16.3. The molecule has 0 aromatic heterocycles. The highest BCUT2D eigenvalue weighted by atomic mass is 35.5. The number of carbonyl (C=O) groups is 1. The summed E-state index contributed by atoms with van der Waals surface area (Å²) in [5.41, 5.74) is 1.15. The second-order valence-electron chi connectivity index (χ2n) is 5.73. The van der Waals surface area contributed by atoms with Crippen molar-refractivity contribution in [3.63, 3.8) is 0 Å². The summed E-state index contributed by atoms with van der Waals surface area (Å²) < 4.78 is 0. The first kappa shape index (κ1) is 16.1. The summed E-state index contributed by atoms with van der Waals surface area (Å²) in [6.45, 7) is 8.56. The van der Waals surface area contributed by atoms with Crippen molar-refractivity contribution in [2.24, 2.45) is 0 Å². The molecule has 1 aromatic rings. The number of nitrogens with zero attached hydrogens (tertiary/aromatic N) is 2. The lowest BCUT2D eigenvalue weighted by Crippen LogP contribution is -2.53. The third kappa shape index (κ3) is 4.90. The maximum atomic E-state index is 12.1. The van der Waals surface area contributed by atoms with Gasteiger partial charge in [-0.05, 0) is 38.0 Å². The summed E-state index contributed by atoms with van der Waals surface area (Å²) in [5.74, 6) is 0. The second kappa shape index (κ2) is 7.66. The molecule has 0 atom stereocenters. The molecule has 1 heterocycles. The second-order valence-corrected chi connectivity index (χ2v) is 6.17. The van der Waals surface area contributed by atoms with E-state index >= 15 is 0 Å². The van der Waals surface area contributed by atoms with Crippen LogP contribution in [0.5, 0.6) is 0 Å². The lowest BCUT2D eigenvalue weighted by Gasteiger charge is -2.36. The van der Waals surface area contributed by atoms with Crippen LogP contribution < -0.4 is 5.32 Å². The zero-order valence-corrected chi connectivity index (χ0v) is 13.6. The van der Waals surface area contributed by atoms with Crippen molar-refractivity contribution in [2.45, 2.75) is 26.3 Å². The van der Waals surface area contributed by atoms with Gasteiger partial charge in [-0.2, -0.15) is 0 Å². The molecule has 116 valence electrons. The van der Waals surface area contributed by atoms with Crippen molar-refractivity contribution in [1.82, 2.24) is 15.1 Å². The van der Waals surface area contributed by atoms with Gasteiger partial charge in [-0.25, -0.2) is 4.79 Å². The van der Waals surface area contributed by atoms with Crippen LogP contribution in [0.2, 0.25) is 5.02 Å². The Morgan fingerprint density at radius 1 is 1.29 bits per heavy atom. The first-order valence-electron chi connectivity index (χ1n) is 7.57. The number of hydrogen-bond donors (Lipinski definition) is 1. The van der Waals surface area contributed by atoms with Crippen LogP contribution in [0, 0.1) is 0 Å². The summed E-state index contributed by atoms with van der Waals surface area (Å²) in [5, 5.41) is 3.73. The van der Waals surface area contributed by atoms with Crippen LogP contribution in [-0.4, -0.2) is 54.6 Å². The van der Waals surface area contributed by atoms with E-state index in [0.717, 1.165) is 43.2 Å². The Morgan fingerprint density at radius 3 is 2.62 bits per heavy atom. The Balaban J connectivity index is 1.71. The van der Waals surface area contributed by atoms with Gasteiger partial charge in [-0.3, -0.25) is 4.90 Å². The fourth-order valence-electron chi connectivity index (χ4n) is 2.56. The molecular weight excluding hydrogens is 286 g/mol. The lowest BCUT2D eigenvalue weighted by molar-refractivity contribution is 0.119. The number of hydrogen-bond acceptors (Lipinski definition) is 2. The van der Waals surface area contributed by atoms with Crippen molar-refractivity contribution in [2.75, 3.05) is 32.7 Å². The van der Waals surface area contributed by atoms with E-state index in [1.807, 2.05) is 29.2 Å². The van der Waals surface area contributed by atoms with Gasteiger partial charge in [0.25, 0.3) is 0 Å². The van der Waals surface area contributed by atoms with E-state index in [-0.39, 0.29) is 6.03 Å². The Bertz CT molecular complexity index is 470. The third-order valence-electron chi connectivity index (χ3n) is 3.91. The molecule has 0 aliphatic carbocycles. The van der Waals surface area contributed by atoms with Crippen LogP contribution in [0.25, 0.3) is 0 Å². The van der Waals surface area contributed by atoms with Crippen LogP contribution in [0.15, 0.2) is 24.3 Å². The number of halogens is 1. The van der Waals surface area contributed by atoms with Gasteiger partial charge in [0.15, 0.2) is 0 Å². The predicted molar refractivity (Wildman–Crippen MR) is 86.8 cm³/mol. The van der Waals surface area contributed by atoms with E-state index in [2.05, 4.69) is 24.1 Å². The number of benzene rings is 1. The first-order chi connectivity index (χ1) is 10.1. The van der Waals surface area contributed by atoms with Gasteiger partial charge in [-0.1, -0.05) is 23.7 Å². The molecule has 0 radical (unpaired) electrons. The number of carbonyl (C=O) groups excluding carboxylic acids is 1. The van der Waals surface area contributed by atoms with E-state index in [1.54, 1.807) is 0 Å². The number of amides is 2. The monoisotopic (exact) mass is 309 g/mol. The number of nitrogens with one attached hydrogen (secondary N) is 1. The van der Waals surface area contributed by atoms with Crippen LogP contribution >= 0.6 is 11.6 Å². The predicted octanol–water partition coefficient (Wildman–Crippen LogP) is 2.62. The Hall–Kier alpha value is -1.26. The summed E-state index contributed by atoms with van der Waals surface area (Å²) in [7, 11) is 0. The van der Waals surface area contributed by atoms with Gasteiger partial charge in [-0.15, -0.1) is 0 Å². The van der Waals surface area contributed by atoms with Crippen molar-refractivity contribution in [3.8, 4) is 0 Å². The van der Waals surface area contributed by atoms with E-state index in [4.69, 9.17) is 11.6 Å². The molecular formula is C16H24ClN3O. The minimum absolute atomic E-state index is 0.0421. The number of urea groups is 1. The maximum Gasteiger partial charge on any atom is 0.317 e. The average molecular weight is 310 g/mol. The third-order valence-corrected chi connectivity index (χ3v) is 4.15. The number of rotatable bonds is 4. The van der Waals surface area contributed by atoms with Gasteiger partial charge in [0.1, 0.15) is 0 Å². The van der Waals surface area contributed by atoms with Crippen molar-refractivity contribution >= 4 is 17.6 Å². The van der Waals surface area contributed by atoms with Gasteiger partial charge >= 0.3 is 6.03 Å². The molecule has 21 heavy (non-hydrogen) atoms. The molecule has 0 spiro atoms. The van der Waals surface area contributed by atoms with E-state index in [1.165, 1.54) is 0 Å². The standard InChI is InChI=1S/C16H24ClN3O/c1-13(2)19-8-10-20(11-9-19)16(21)18-7-6-14-4-3-5-15(17)12-14/h3-5,12-13H,6-11H2,1-2H3,(H,18,21). The molecule has 0 saturated carbocycles. The molecule has 1 aromatic carbocycles. The molecule has 1 N–H and O–H groups in total. The SMILES string of the molecule is CC(C)N1CCN(C(=O)NCCc2cccc(Cl)c2)CC1. The molecule has 2 rings (SSSR count). The molecule has 1 aliphatic heterocycles. The van der Waals surface area contributed by atoms with Gasteiger partial charge in [0.2, 0.25) is 0 Å². The molecule has 5 heteroatoms. The highest BCUT2D eigenvalue weighted by molar-refractivity contribution is 6.30. The summed E-state index contributed by atoms with van der Waals surface area (Å²) in [6, 6.07) is 8.36. The van der Waals surface area contributed by atoms with Gasteiger partial charge in [0.05, 0.1) is 0 Å². The van der Waals surface area contributed by atoms with E-state index in [0.29, 0.717) is 12.6 Å². The molecule has 1 aliphatic rings. The average Bonchev–Trinajstić information content (AvgIpc) is 2.47. The zero-order chi connectivity index (χ0) is 15.2. The van der Waals surface area contributed by atoms with Crippen molar-refractivity contribution in [1.29, 1.82) is 0 Å². The van der Waals surface area contributed by atoms with Crippen molar-refractivity contribution in [3.05, 3.63) is 34.9 Å². The van der Waals surface area contributed by atoms with E-state index in [9.17, 15) is 4.79 Å². The van der Waals surface area contributed by atoms with Gasteiger partial charge < -0.3 is 10.2 Å². The minimum Gasteiger partial charge on any atom is -0.338 e. The maximum absolute atomic E-state index is 12.1. The summed E-state index contributed by atoms with van der Waals surface area (Å²) in [6.07, 6.45) is 0.804.